The number of hydrogen-bond acceptors (Lipinski definition) is 7. The summed E-state index contributed by atoms with van der Waals surface area (Å²) in [7, 11) is 3.45. The van der Waals surface area contributed by atoms with Crippen LogP contribution in [-0.2, 0) is 10.0 Å². The zero-order valence-electron chi connectivity index (χ0n) is 20.2. The summed E-state index contributed by atoms with van der Waals surface area (Å²) < 4.78 is 55.7. The molecule has 0 saturated heterocycles. The minimum Gasteiger partial charge on any atom is -0.493 e. The van der Waals surface area contributed by atoms with Crippen molar-refractivity contribution in [3.63, 3.8) is 0 Å². The molecule has 0 radical (unpaired) electrons. The molecule has 0 amide bonds. The Balaban J connectivity index is 2.04. The highest BCUT2D eigenvalue weighted by Crippen LogP contribution is 2.40. The van der Waals surface area contributed by atoms with Crippen molar-refractivity contribution in [3.8, 4) is 28.7 Å². The fraction of sp³-hybridized carbons (Fsp3) is 0.200. The van der Waals surface area contributed by atoms with Gasteiger partial charge in [-0.3, -0.25) is 4.72 Å². The van der Waals surface area contributed by atoms with Gasteiger partial charge >= 0.3 is 0 Å². The molecule has 0 spiro atoms. The third-order valence-electron chi connectivity index (χ3n) is 5.10. The highest BCUT2D eigenvalue weighted by Gasteiger charge is 2.21. The van der Waals surface area contributed by atoms with E-state index >= 15 is 0 Å². The molecule has 0 aromatic heterocycles. The summed E-state index contributed by atoms with van der Waals surface area (Å²) in [6, 6.07) is 10.9. The van der Waals surface area contributed by atoms with E-state index in [1.54, 1.807) is 30.3 Å². The molecule has 0 aliphatic heterocycles. The van der Waals surface area contributed by atoms with Crippen LogP contribution in [0.2, 0.25) is 10.0 Å². The van der Waals surface area contributed by atoms with Crippen LogP contribution in [0.1, 0.15) is 11.1 Å². The molecule has 3 aromatic rings. The molecule has 0 heterocycles. The van der Waals surface area contributed by atoms with Crippen molar-refractivity contribution in [2.24, 2.45) is 0 Å². The molecule has 0 aliphatic carbocycles. The topological polar surface area (TPSA) is 92.3 Å². The van der Waals surface area contributed by atoms with E-state index in [1.165, 1.54) is 53.7 Å². The normalized spacial score (nSPS) is 11.3. The Kier molecular flexibility index (Phi) is 8.84. The molecule has 0 bridgehead atoms. The van der Waals surface area contributed by atoms with Gasteiger partial charge < -0.3 is 23.7 Å². The zero-order valence-corrected chi connectivity index (χ0v) is 22.5. The van der Waals surface area contributed by atoms with Crippen molar-refractivity contribution >= 4 is 51.1 Å². The van der Waals surface area contributed by atoms with Crippen molar-refractivity contribution in [1.82, 2.24) is 0 Å². The van der Waals surface area contributed by atoms with Crippen LogP contribution in [0.25, 0.3) is 12.2 Å². The summed E-state index contributed by atoms with van der Waals surface area (Å²) in [4.78, 5) is -0.0590. The summed E-state index contributed by atoms with van der Waals surface area (Å²) >= 11 is 11.9. The van der Waals surface area contributed by atoms with Crippen LogP contribution < -0.4 is 28.4 Å². The van der Waals surface area contributed by atoms with E-state index in [-0.39, 0.29) is 26.4 Å². The standard InChI is InChI=1S/C25H25Cl2NO7S/c1-31-21-11-15(6-7-16-12-22(32-2)25(35-5)23(13-16)33-3)10-20(24(21)34-4)28-36(29,30)17-8-9-18(26)19(27)14-17/h6-14,28H,1-5H3/b7-6-. The number of sulfonamides is 1. The monoisotopic (exact) mass is 553 g/mol. The second-order valence-electron chi connectivity index (χ2n) is 7.28. The largest absolute Gasteiger partial charge is 0.493 e. The van der Waals surface area contributed by atoms with Crippen molar-refractivity contribution in [1.29, 1.82) is 0 Å². The molecular weight excluding hydrogens is 529 g/mol. The fourth-order valence-electron chi connectivity index (χ4n) is 3.40. The smallest absolute Gasteiger partial charge is 0.262 e. The van der Waals surface area contributed by atoms with Crippen LogP contribution >= 0.6 is 23.2 Å². The third kappa shape index (κ3) is 5.92. The molecule has 0 atom stereocenters. The molecule has 8 nitrogen and oxygen atoms in total. The van der Waals surface area contributed by atoms with Crippen LogP contribution in [0.15, 0.2) is 47.4 Å². The first-order valence-electron chi connectivity index (χ1n) is 10.4. The maximum Gasteiger partial charge on any atom is 0.262 e. The minimum atomic E-state index is -4.02. The SMILES string of the molecule is COc1cc(/C=C\c2cc(OC)c(OC)c(OC)c2)cc(NS(=O)(=O)c2ccc(Cl)c(Cl)c2)c1OC. The molecule has 3 aromatic carbocycles. The van der Waals surface area contributed by atoms with Crippen molar-refractivity contribution in [3.05, 3.63) is 63.6 Å². The van der Waals surface area contributed by atoms with Crippen LogP contribution in [-0.4, -0.2) is 44.0 Å². The fourth-order valence-corrected chi connectivity index (χ4v) is 4.84. The lowest BCUT2D eigenvalue weighted by atomic mass is 10.1. The van der Waals surface area contributed by atoms with E-state index in [1.807, 2.05) is 6.08 Å². The lowest BCUT2D eigenvalue weighted by molar-refractivity contribution is 0.324. The number of halogens is 2. The predicted molar refractivity (Wildman–Crippen MR) is 142 cm³/mol. The van der Waals surface area contributed by atoms with Gasteiger partial charge in [-0.25, -0.2) is 8.42 Å². The number of benzene rings is 3. The maximum atomic E-state index is 13.1. The predicted octanol–water partition coefficient (Wildman–Crippen LogP) is 6.01. The second kappa shape index (κ2) is 11.6. The molecule has 192 valence electrons. The van der Waals surface area contributed by atoms with Crippen LogP contribution in [0, 0.1) is 0 Å². The lowest BCUT2D eigenvalue weighted by Gasteiger charge is -2.16. The minimum absolute atomic E-state index is 0.0590. The molecule has 0 saturated carbocycles. The number of methoxy groups -OCH3 is 5. The Morgan fingerprint density at radius 1 is 0.667 bits per heavy atom. The van der Waals surface area contributed by atoms with Gasteiger partial charge in [-0.1, -0.05) is 35.4 Å². The Hall–Kier alpha value is -3.27. The van der Waals surface area contributed by atoms with E-state index in [9.17, 15) is 8.42 Å². The van der Waals surface area contributed by atoms with Crippen LogP contribution in [0.3, 0.4) is 0 Å². The van der Waals surface area contributed by atoms with Crippen molar-refractivity contribution in [2.45, 2.75) is 4.90 Å². The van der Waals surface area contributed by atoms with Crippen LogP contribution in [0.5, 0.6) is 28.7 Å². The van der Waals surface area contributed by atoms with Gasteiger partial charge in [0.2, 0.25) is 5.75 Å². The molecule has 3 rings (SSSR count). The molecule has 36 heavy (non-hydrogen) atoms. The molecule has 11 heteroatoms. The lowest BCUT2D eigenvalue weighted by Crippen LogP contribution is -2.14. The highest BCUT2D eigenvalue weighted by molar-refractivity contribution is 7.92. The maximum absolute atomic E-state index is 13.1. The molecule has 0 aliphatic rings. The summed E-state index contributed by atoms with van der Waals surface area (Å²) in [5, 5.41) is 0.361. The average molecular weight is 554 g/mol. The van der Waals surface area contributed by atoms with E-state index in [2.05, 4.69) is 4.72 Å². The van der Waals surface area contributed by atoms with E-state index in [0.29, 0.717) is 28.6 Å². The first kappa shape index (κ1) is 27.3. The van der Waals surface area contributed by atoms with Gasteiger partial charge in [-0.15, -0.1) is 0 Å². The third-order valence-corrected chi connectivity index (χ3v) is 7.20. The first-order chi connectivity index (χ1) is 17.2. The summed E-state index contributed by atoms with van der Waals surface area (Å²) in [6.45, 7) is 0. The van der Waals surface area contributed by atoms with Crippen molar-refractivity contribution < 1.29 is 32.1 Å². The molecule has 0 fully saturated rings. The van der Waals surface area contributed by atoms with Crippen LogP contribution in [0.4, 0.5) is 5.69 Å². The van der Waals surface area contributed by atoms with E-state index < -0.39 is 10.0 Å². The first-order valence-corrected chi connectivity index (χ1v) is 12.6. The van der Waals surface area contributed by atoms with Gasteiger partial charge in [0, 0.05) is 0 Å². The van der Waals surface area contributed by atoms with Gasteiger partial charge in [-0.05, 0) is 53.6 Å². The highest BCUT2D eigenvalue weighted by atomic mass is 35.5. The number of anilines is 1. The Morgan fingerprint density at radius 3 is 1.64 bits per heavy atom. The van der Waals surface area contributed by atoms with E-state index in [0.717, 1.165) is 5.56 Å². The number of rotatable bonds is 10. The second-order valence-corrected chi connectivity index (χ2v) is 9.77. The van der Waals surface area contributed by atoms with Gasteiger partial charge in [0.1, 0.15) is 0 Å². The molecule has 0 unspecified atom stereocenters. The van der Waals surface area contributed by atoms with E-state index in [4.69, 9.17) is 46.9 Å². The summed E-state index contributed by atoms with van der Waals surface area (Å²) in [5.74, 6) is 2.02. The van der Waals surface area contributed by atoms with Gasteiger partial charge in [0.05, 0.1) is 56.2 Å². The summed E-state index contributed by atoms with van der Waals surface area (Å²) in [5.41, 5.74) is 1.57. The van der Waals surface area contributed by atoms with Gasteiger partial charge in [-0.2, -0.15) is 0 Å². The number of hydrogen-bond donors (Lipinski definition) is 1. The van der Waals surface area contributed by atoms with Crippen molar-refractivity contribution in [2.75, 3.05) is 40.3 Å². The average Bonchev–Trinajstić information content (AvgIpc) is 2.87. The Bertz CT molecular complexity index is 1370. The number of nitrogens with one attached hydrogen (secondary N) is 1. The Labute approximate surface area is 220 Å². The number of ether oxygens (including phenoxy) is 5. The molecular formula is C25H25Cl2NO7S. The molecule has 1 N–H and O–H groups in total. The van der Waals surface area contributed by atoms with Gasteiger partial charge in [0.15, 0.2) is 23.0 Å². The quantitative estimate of drug-likeness (QED) is 0.307. The summed E-state index contributed by atoms with van der Waals surface area (Å²) in [6.07, 6.45) is 3.59. The zero-order chi connectivity index (χ0) is 26.5. The van der Waals surface area contributed by atoms with Gasteiger partial charge in [0.25, 0.3) is 10.0 Å². The Morgan fingerprint density at radius 2 is 1.17 bits per heavy atom.